The minimum Gasteiger partial charge on any atom is -0.332 e. The Balaban J connectivity index is 1.49. The Hall–Kier alpha value is -3.73. The predicted molar refractivity (Wildman–Crippen MR) is 105 cm³/mol. The van der Waals surface area contributed by atoms with Crippen LogP contribution in [0.3, 0.4) is 0 Å². The van der Waals surface area contributed by atoms with Crippen LogP contribution >= 0.6 is 0 Å². The molecule has 0 saturated carbocycles. The summed E-state index contributed by atoms with van der Waals surface area (Å²) in [7, 11) is 1.59. The first-order chi connectivity index (χ1) is 14.4. The number of halogens is 3. The van der Waals surface area contributed by atoms with Crippen LogP contribution in [-0.4, -0.2) is 27.9 Å². The lowest BCUT2D eigenvalue weighted by atomic mass is 10.1. The van der Waals surface area contributed by atoms with Crippen molar-refractivity contribution in [2.75, 3.05) is 11.9 Å². The van der Waals surface area contributed by atoms with Gasteiger partial charge in [0.25, 0.3) is 0 Å². The average molecular weight is 410 g/mol. The van der Waals surface area contributed by atoms with Gasteiger partial charge >= 0.3 is 6.03 Å². The van der Waals surface area contributed by atoms with E-state index in [4.69, 9.17) is 0 Å². The van der Waals surface area contributed by atoms with Gasteiger partial charge in [0, 0.05) is 20.0 Å². The lowest BCUT2D eigenvalue weighted by molar-refractivity contribution is 0.196. The number of aromatic amines is 1. The minimum absolute atomic E-state index is 0.129. The molecule has 30 heavy (non-hydrogen) atoms. The molecule has 2 aromatic carbocycles. The van der Waals surface area contributed by atoms with E-state index < -0.39 is 11.6 Å². The van der Waals surface area contributed by atoms with E-state index in [1.807, 2.05) is 0 Å². The highest BCUT2D eigenvalue weighted by Gasteiger charge is 2.30. The maximum Gasteiger partial charge on any atom is 0.326 e. The minimum atomic E-state index is -0.953. The molecule has 0 spiro atoms. The molecule has 0 unspecified atom stereocenters. The number of carbonyl (C=O) groups excluding carboxylic acids is 1. The fourth-order valence-electron chi connectivity index (χ4n) is 3.22. The number of urea groups is 1. The molecular formula is C22H17F3N4O. The van der Waals surface area contributed by atoms with Gasteiger partial charge in [0.05, 0.1) is 12.2 Å². The molecule has 0 aliphatic carbocycles. The number of carbonyl (C=O) groups is 1. The summed E-state index contributed by atoms with van der Waals surface area (Å²) in [5.41, 5.74) is 2.06. The summed E-state index contributed by atoms with van der Waals surface area (Å²) in [4.78, 5) is 23.0. The molecule has 5 nitrogen and oxygen atoms in total. The smallest absolute Gasteiger partial charge is 0.326 e. The molecule has 4 rings (SSSR count). The van der Waals surface area contributed by atoms with Crippen LogP contribution in [0.2, 0.25) is 0 Å². The number of fused-ring (bicyclic) bond motifs is 1. The molecule has 8 heteroatoms. The molecule has 0 fully saturated rings. The first kappa shape index (κ1) is 19.6. The van der Waals surface area contributed by atoms with Crippen molar-refractivity contribution in [1.29, 1.82) is 0 Å². The second-order valence-corrected chi connectivity index (χ2v) is 6.94. The van der Waals surface area contributed by atoms with Crippen LogP contribution in [0.15, 0.2) is 42.5 Å². The Morgan fingerprint density at radius 3 is 2.53 bits per heavy atom. The van der Waals surface area contributed by atoms with Crippen molar-refractivity contribution in [2.45, 2.75) is 19.5 Å². The van der Waals surface area contributed by atoms with E-state index in [2.05, 4.69) is 21.8 Å². The summed E-state index contributed by atoms with van der Waals surface area (Å²) >= 11 is 0. The Bertz CT molecular complexity index is 1160. The van der Waals surface area contributed by atoms with Crippen molar-refractivity contribution in [1.82, 2.24) is 14.9 Å². The van der Waals surface area contributed by atoms with E-state index >= 15 is 0 Å². The van der Waals surface area contributed by atoms with Gasteiger partial charge in [-0.25, -0.2) is 22.9 Å². The van der Waals surface area contributed by atoms with Crippen molar-refractivity contribution in [3.05, 3.63) is 82.6 Å². The summed E-state index contributed by atoms with van der Waals surface area (Å²) in [6.07, 6.45) is 0.433. The van der Waals surface area contributed by atoms with E-state index in [0.29, 0.717) is 29.3 Å². The third-order valence-electron chi connectivity index (χ3n) is 4.75. The van der Waals surface area contributed by atoms with Crippen LogP contribution in [0.5, 0.6) is 0 Å². The average Bonchev–Trinajstić information content (AvgIpc) is 3.13. The van der Waals surface area contributed by atoms with Crippen LogP contribution < -0.4 is 4.90 Å². The Morgan fingerprint density at radius 1 is 1.07 bits per heavy atom. The van der Waals surface area contributed by atoms with Gasteiger partial charge < -0.3 is 9.88 Å². The second-order valence-electron chi connectivity index (χ2n) is 6.94. The Morgan fingerprint density at radius 2 is 1.80 bits per heavy atom. The maximum absolute atomic E-state index is 13.5. The van der Waals surface area contributed by atoms with Gasteiger partial charge in [-0.1, -0.05) is 24.1 Å². The van der Waals surface area contributed by atoms with E-state index in [1.54, 1.807) is 19.2 Å². The Kier molecular flexibility index (Phi) is 5.19. The number of hydrogen-bond donors (Lipinski definition) is 1. The summed E-state index contributed by atoms with van der Waals surface area (Å²) < 4.78 is 39.6. The first-order valence-electron chi connectivity index (χ1n) is 9.19. The third-order valence-corrected chi connectivity index (χ3v) is 4.75. The van der Waals surface area contributed by atoms with Crippen molar-refractivity contribution in [2.24, 2.45) is 0 Å². The quantitative estimate of drug-likeness (QED) is 0.664. The predicted octanol–water partition coefficient (Wildman–Crippen LogP) is 3.99. The zero-order valence-corrected chi connectivity index (χ0v) is 16.0. The van der Waals surface area contributed by atoms with Crippen molar-refractivity contribution >= 4 is 11.8 Å². The number of anilines is 1. The number of aromatic nitrogens is 2. The Labute approximate surface area is 171 Å². The lowest BCUT2D eigenvalue weighted by Gasteiger charge is -2.32. The van der Waals surface area contributed by atoms with E-state index in [-0.39, 0.29) is 24.9 Å². The number of imidazole rings is 1. The van der Waals surface area contributed by atoms with Gasteiger partial charge in [0.15, 0.2) is 23.3 Å². The normalized spacial score (nSPS) is 13.1. The number of hydrogen-bond acceptors (Lipinski definition) is 2. The first-order valence-corrected chi connectivity index (χ1v) is 9.19. The number of rotatable bonds is 3. The molecule has 152 valence electrons. The molecule has 0 bridgehead atoms. The second kappa shape index (κ2) is 7.95. The highest BCUT2D eigenvalue weighted by molar-refractivity contribution is 5.93. The summed E-state index contributed by atoms with van der Waals surface area (Å²) in [6.45, 7) is 0.370. The summed E-state index contributed by atoms with van der Waals surface area (Å²) in [6, 6.07) is 9.36. The monoisotopic (exact) mass is 410 g/mol. The zero-order valence-electron chi connectivity index (χ0n) is 16.0. The topological polar surface area (TPSA) is 52.2 Å². The van der Waals surface area contributed by atoms with Crippen molar-refractivity contribution < 1.29 is 18.0 Å². The van der Waals surface area contributed by atoms with E-state index in [9.17, 15) is 18.0 Å². The van der Waals surface area contributed by atoms with Crippen molar-refractivity contribution in [3.63, 3.8) is 0 Å². The number of benzene rings is 2. The third kappa shape index (κ3) is 4.01. The maximum atomic E-state index is 13.5. The molecule has 3 aromatic rings. The highest BCUT2D eigenvalue weighted by atomic mass is 19.2. The van der Waals surface area contributed by atoms with Gasteiger partial charge in [0.1, 0.15) is 5.82 Å². The van der Waals surface area contributed by atoms with E-state index in [0.717, 1.165) is 17.7 Å². The molecule has 1 aliphatic rings. The van der Waals surface area contributed by atoms with Crippen LogP contribution in [0.1, 0.15) is 22.6 Å². The van der Waals surface area contributed by atoms with Crippen LogP contribution in [0.4, 0.5) is 23.8 Å². The van der Waals surface area contributed by atoms with Gasteiger partial charge in [-0.2, -0.15) is 0 Å². The molecule has 1 N–H and O–H groups in total. The highest BCUT2D eigenvalue weighted by Crippen LogP contribution is 2.26. The van der Waals surface area contributed by atoms with Gasteiger partial charge in [-0.3, -0.25) is 4.90 Å². The number of nitrogens with zero attached hydrogens (tertiary/aromatic N) is 3. The molecule has 0 radical (unpaired) electrons. The lowest BCUT2D eigenvalue weighted by Crippen LogP contribution is -2.44. The standard InChI is InChI=1S/C22H17F3N4O/c1-28-21-19(13-29(22(28)30)12-15-7-10-17(24)18(25)11-15)26-20(27-21)4-2-3-14-5-8-16(23)9-6-14/h5-11H,3,12-13H2,1H3,(H,26,27). The van der Waals surface area contributed by atoms with Gasteiger partial charge in [-0.05, 0) is 41.3 Å². The van der Waals surface area contributed by atoms with Crippen LogP contribution in [0.25, 0.3) is 0 Å². The van der Waals surface area contributed by atoms with Crippen LogP contribution in [0, 0.1) is 29.3 Å². The fraction of sp³-hybridized carbons (Fsp3) is 0.182. The van der Waals surface area contributed by atoms with Gasteiger partial charge in [-0.15, -0.1) is 0 Å². The molecular weight excluding hydrogens is 393 g/mol. The summed E-state index contributed by atoms with van der Waals surface area (Å²) in [5.74, 6) is 4.61. The fourth-order valence-corrected chi connectivity index (χ4v) is 3.22. The zero-order chi connectivity index (χ0) is 21.3. The van der Waals surface area contributed by atoms with Crippen LogP contribution in [-0.2, 0) is 19.5 Å². The van der Waals surface area contributed by atoms with E-state index in [1.165, 1.54) is 28.0 Å². The largest absolute Gasteiger partial charge is 0.332 e. The molecule has 1 aromatic heterocycles. The molecule has 2 heterocycles. The molecule has 0 atom stereocenters. The molecule has 1 aliphatic heterocycles. The molecule has 2 amide bonds. The SMILES string of the molecule is CN1C(=O)N(Cc2ccc(F)c(F)c2)Cc2[nH]c(C#CCc3ccc(F)cc3)nc21. The molecule has 0 saturated heterocycles. The number of nitrogens with one attached hydrogen (secondary N) is 1. The van der Waals surface area contributed by atoms with Crippen molar-refractivity contribution in [3.8, 4) is 11.8 Å². The summed E-state index contributed by atoms with van der Waals surface area (Å²) in [5, 5.41) is 0. The van der Waals surface area contributed by atoms with Gasteiger partial charge in [0.2, 0.25) is 0 Å². The number of H-pyrrole nitrogens is 1. The number of amides is 2.